The summed E-state index contributed by atoms with van der Waals surface area (Å²) in [6.07, 6.45) is 4.77. The molecule has 0 bridgehead atoms. The lowest BCUT2D eigenvalue weighted by Crippen LogP contribution is -2.25. The molecule has 0 saturated heterocycles. The van der Waals surface area contributed by atoms with Crippen LogP contribution >= 0.6 is 11.8 Å². The molecule has 1 N–H and O–H groups in total. The van der Waals surface area contributed by atoms with Crippen LogP contribution in [0.2, 0.25) is 0 Å². The van der Waals surface area contributed by atoms with Gasteiger partial charge in [0.25, 0.3) is 0 Å². The van der Waals surface area contributed by atoms with E-state index < -0.39 is 6.10 Å². The maximum absolute atomic E-state index is 12.9. The molecule has 170 valence electrons. The highest BCUT2D eigenvalue weighted by molar-refractivity contribution is 8.00. The van der Waals surface area contributed by atoms with Gasteiger partial charge in [-0.05, 0) is 61.6 Å². The van der Waals surface area contributed by atoms with Crippen LogP contribution in [0.4, 0.5) is 5.69 Å². The Hall–Kier alpha value is -3.26. The Balaban J connectivity index is 1.29. The fraction of sp³-hybridized carbons (Fsp3) is 0.320. The number of nitrogens with one attached hydrogen (secondary N) is 1. The van der Waals surface area contributed by atoms with E-state index in [1.807, 2.05) is 41.8 Å². The Kier molecular flexibility index (Phi) is 6.09. The molecule has 0 saturated carbocycles. The van der Waals surface area contributed by atoms with E-state index in [2.05, 4.69) is 34.2 Å². The number of para-hydroxylation sites is 2. The maximum atomic E-state index is 12.9. The number of hydrogen-bond acceptors (Lipinski definition) is 6. The number of nitrogens with zero attached hydrogens (tertiary/aromatic N) is 3. The van der Waals surface area contributed by atoms with Crippen LogP contribution in [0.3, 0.4) is 0 Å². The number of fused-ring (bicyclic) bond motifs is 2. The van der Waals surface area contributed by atoms with E-state index in [9.17, 15) is 4.79 Å². The number of benzene rings is 2. The summed E-state index contributed by atoms with van der Waals surface area (Å²) >= 11 is 1.37. The van der Waals surface area contributed by atoms with Gasteiger partial charge in [0.15, 0.2) is 28.6 Å². The van der Waals surface area contributed by atoms with Crippen molar-refractivity contribution in [2.45, 2.75) is 49.2 Å². The summed E-state index contributed by atoms with van der Waals surface area (Å²) in [6.45, 7) is 6.58. The van der Waals surface area contributed by atoms with Crippen LogP contribution < -0.4 is 14.8 Å². The summed E-state index contributed by atoms with van der Waals surface area (Å²) in [5.74, 6) is 1.98. The first-order chi connectivity index (χ1) is 16.1. The number of ether oxygens (including phenoxy) is 2. The van der Waals surface area contributed by atoms with E-state index in [0.29, 0.717) is 29.9 Å². The van der Waals surface area contributed by atoms with E-state index in [1.54, 1.807) is 6.08 Å². The number of rotatable bonds is 7. The lowest BCUT2D eigenvalue weighted by molar-refractivity contribution is -0.115. The minimum Gasteiger partial charge on any atom is -0.485 e. The Morgan fingerprint density at radius 3 is 2.91 bits per heavy atom. The van der Waals surface area contributed by atoms with Crippen molar-refractivity contribution in [2.24, 2.45) is 0 Å². The second-order valence-electron chi connectivity index (χ2n) is 8.19. The Morgan fingerprint density at radius 1 is 1.24 bits per heavy atom. The van der Waals surface area contributed by atoms with Gasteiger partial charge >= 0.3 is 0 Å². The fourth-order valence-electron chi connectivity index (χ4n) is 4.18. The molecule has 1 amide bonds. The van der Waals surface area contributed by atoms with E-state index in [0.717, 1.165) is 24.3 Å². The van der Waals surface area contributed by atoms with Gasteiger partial charge in [0, 0.05) is 12.2 Å². The lowest BCUT2D eigenvalue weighted by Gasteiger charge is -2.26. The third kappa shape index (κ3) is 4.48. The molecule has 0 radical (unpaired) electrons. The molecule has 3 aromatic rings. The van der Waals surface area contributed by atoms with Gasteiger partial charge in [-0.3, -0.25) is 9.36 Å². The predicted molar refractivity (Wildman–Crippen MR) is 128 cm³/mol. The summed E-state index contributed by atoms with van der Waals surface area (Å²) < 4.78 is 13.9. The molecule has 0 spiro atoms. The van der Waals surface area contributed by atoms with Crippen LogP contribution in [0.25, 0.3) is 0 Å². The Bertz CT molecular complexity index is 1190. The van der Waals surface area contributed by atoms with E-state index >= 15 is 0 Å². The van der Waals surface area contributed by atoms with Crippen molar-refractivity contribution in [3.8, 4) is 11.5 Å². The first kappa shape index (κ1) is 21.6. The molecule has 1 aliphatic heterocycles. The number of anilines is 1. The lowest BCUT2D eigenvalue weighted by atomic mass is 10.1. The number of aryl methyl sites for hydroxylation is 2. The van der Waals surface area contributed by atoms with E-state index in [1.165, 1.54) is 29.3 Å². The third-order valence-electron chi connectivity index (χ3n) is 5.87. The third-order valence-corrected chi connectivity index (χ3v) is 6.95. The van der Waals surface area contributed by atoms with E-state index in [-0.39, 0.29) is 11.2 Å². The van der Waals surface area contributed by atoms with Crippen LogP contribution in [-0.4, -0.2) is 32.5 Å². The molecule has 1 aromatic heterocycles. The number of hydrogen-bond donors (Lipinski definition) is 1. The number of carbonyl (C=O) groups excluding carboxylic acids is 1. The van der Waals surface area contributed by atoms with Crippen molar-refractivity contribution in [3.63, 3.8) is 0 Å². The molecule has 0 fully saturated rings. The largest absolute Gasteiger partial charge is 0.485 e. The van der Waals surface area contributed by atoms with Crippen LogP contribution in [-0.2, 0) is 24.2 Å². The highest BCUT2D eigenvalue weighted by Crippen LogP contribution is 2.36. The molecule has 8 heteroatoms. The van der Waals surface area contributed by atoms with Gasteiger partial charge in [-0.25, -0.2) is 0 Å². The zero-order valence-electron chi connectivity index (χ0n) is 18.5. The highest BCUT2D eigenvalue weighted by atomic mass is 32.2. The van der Waals surface area contributed by atoms with Crippen LogP contribution in [0, 0.1) is 0 Å². The summed E-state index contributed by atoms with van der Waals surface area (Å²) in [6, 6.07) is 13.8. The minimum absolute atomic E-state index is 0.0705. The minimum atomic E-state index is -0.391. The Morgan fingerprint density at radius 2 is 2.06 bits per heavy atom. The van der Waals surface area contributed by atoms with Crippen LogP contribution in [0.5, 0.6) is 11.5 Å². The molecule has 0 unspecified atom stereocenters. The molecular weight excluding hydrogens is 436 g/mol. The van der Waals surface area contributed by atoms with Crippen molar-refractivity contribution in [1.29, 1.82) is 0 Å². The van der Waals surface area contributed by atoms with Gasteiger partial charge in [-0.1, -0.05) is 36.0 Å². The fourth-order valence-corrected chi connectivity index (χ4v) is 5.04. The van der Waals surface area contributed by atoms with Crippen LogP contribution in [0.1, 0.15) is 36.4 Å². The average Bonchev–Trinajstić information content (AvgIpc) is 3.46. The second-order valence-corrected chi connectivity index (χ2v) is 9.50. The van der Waals surface area contributed by atoms with Crippen LogP contribution in [0.15, 0.2) is 60.3 Å². The first-order valence-corrected chi connectivity index (χ1v) is 12.0. The van der Waals surface area contributed by atoms with Gasteiger partial charge < -0.3 is 14.8 Å². The topological polar surface area (TPSA) is 78.3 Å². The van der Waals surface area contributed by atoms with Crippen molar-refractivity contribution in [3.05, 3.63) is 72.1 Å². The average molecular weight is 463 g/mol. The predicted octanol–water partition coefficient (Wildman–Crippen LogP) is 4.58. The van der Waals surface area contributed by atoms with Gasteiger partial charge in [0.05, 0.1) is 5.25 Å². The zero-order valence-corrected chi connectivity index (χ0v) is 19.3. The number of carbonyl (C=O) groups is 1. The second kappa shape index (κ2) is 9.31. The normalized spacial score (nSPS) is 17.3. The summed E-state index contributed by atoms with van der Waals surface area (Å²) in [5, 5.41) is 12.1. The van der Waals surface area contributed by atoms with Crippen molar-refractivity contribution in [1.82, 2.24) is 14.8 Å². The smallest absolute Gasteiger partial charge is 0.237 e. The molecule has 2 aromatic carbocycles. The van der Waals surface area contributed by atoms with Crippen molar-refractivity contribution >= 4 is 23.4 Å². The zero-order chi connectivity index (χ0) is 22.8. The molecule has 1 aliphatic carbocycles. The van der Waals surface area contributed by atoms with Gasteiger partial charge in [0.2, 0.25) is 5.91 Å². The van der Waals surface area contributed by atoms with Gasteiger partial charge in [-0.15, -0.1) is 16.8 Å². The molecule has 33 heavy (non-hydrogen) atoms. The number of allylic oxidation sites excluding steroid dienone is 1. The molecule has 2 heterocycles. The number of thioether (sulfide) groups is 1. The first-order valence-electron chi connectivity index (χ1n) is 11.1. The van der Waals surface area contributed by atoms with Gasteiger partial charge in [-0.2, -0.15) is 0 Å². The van der Waals surface area contributed by atoms with E-state index in [4.69, 9.17) is 9.47 Å². The Labute approximate surface area is 197 Å². The summed E-state index contributed by atoms with van der Waals surface area (Å²) in [5.41, 5.74) is 3.56. The summed E-state index contributed by atoms with van der Waals surface area (Å²) in [4.78, 5) is 12.9. The van der Waals surface area contributed by atoms with Crippen molar-refractivity contribution in [2.75, 3.05) is 11.9 Å². The number of amides is 1. The van der Waals surface area contributed by atoms with Gasteiger partial charge in [0.1, 0.15) is 6.61 Å². The monoisotopic (exact) mass is 462 g/mol. The SMILES string of the molecule is C=CCn1c(S[C@@H](C)C(=O)Nc2ccc3c(c2)CCC3)nnc1[C@H]1COc2ccccc2O1. The molecular formula is C25H26N4O3S. The molecule has 2 aliphatic rings. The molecule has 5 rings (SSSR count). The standard InChI is InChI=1S/C25H26N4O3S/c1-3-13-29-23(22-15-31-20-9-4-5-10-21(20)32-22)27-28-25(29)33-16(2)24(30)26-19-12-11-17-7-6-8-18(17)14-19/h3-5,9-12,14,16,22H,1,6-8,13,15H2,2H3,(H,26,30)/t16-,22+/m0/s1. The maximum Gasteiger partial charge on any atom is 0.237 e. The molecule has 2 atom stereocenters. The molecule has 7 nitrogen and oxygen atoms in total. The van der Waals surface area contributed by atoms with Crippen molar-refractivity contribution < 1.29 is 14.3 Å². The summed E-state index contributed by atoms with van der Waals surface area (Å²) in [7, 11) is 0. The number of aromatic nitrogens is 3. The quantitative estimate of drug-likeness (QED) is 0.409. The highest BCUT2D eigenvalue weighted by Gasteiger charge is 2.29.